The summed E-state index contributed by atoms with van der Waals surface area (Å²) in [6.07, 6.45) is 0. The van der Waals surface area contributed by atoms with E-state index < -0.39 is 5.54 Å². The standard InChI is InChI=1S/C15H22ClNO2/c1-10(2)13(11-5-7-12(16)8-6-11)14(19)17-15(3,4)9-18/h5-8,10,13,18H,9H2,1-4H3,(H,17,19). The van der Waals surface area contributed by atoms with Crippen molar-refractivity contribution >= 4 is 17.5 Å². The van der Waals surface area contributed by atoms with Gasteiger partial charge < -0.3 is 10.4 Å². The Morgan fingerprint density at radius 2 is 1.84 bits per heavy atom. The van der Waals surface area contributed by atoms with Crippen molar-refractivity contribution in [2.75, 3.05) is 6.61 Å². The van der Waals surface area contributed by atoms with E-state index in [-0.39, 0.29) is 24.3 Å². The van der Waals surface area contributed by atoms with Gasteiger partial charge in [0.05, 0.1) is 18.1 Å². The monoisotopic (exact) mass is 283 g/mol. The molecule has 1 aromatic carbocycles. The number of aliphatic hydroxyl groups excluding tert-OH is 1. The number of carbonyl (C=O) groups excluding carboxylic acids is 1. The van der Waals surface area contributed by atoms with Crippen LogP contribution in [0.25, 0.3) is 0 Å². The normalized spacial score (nSPS) is 13.4. The van der Waals surface area contributed by atoms with E-state index in [2.05, 4.69) is 5.32 Å². The van der Waals surface area contributed by atoms with Gasteiger partial charge in [0.1, 0.15) is 0 Å². The van der Waals surface area contributed by atoms with Gasteiger partial charge in [-0.15, -0.1) is 0 Å². The van der Waals surface area contributed by atoms with Crippen molar-refractivity contribution in [1.82, 2.24) is 5.32 Å². The van der Waals surface area contributed by atoms with E-state index in [0.717, 1.165) is 5.56 Å². The van der Waals surface area contributed by atoms with Crippen molar-refractivity contribution in [3.8, 4) is 0 Å². The Morgan fingerprint density at radius 3 is 2.26 bits per heavy atom. The molecule has 0 heterocycles. The second kappa shape index (κ2) is 6.40. The number of nitrogens with one attached hydrogen (secondary N) is 1. The number of halogens is 1. The highest BCUT2D eigenvalue weighted by Gasteiger charge is 2.28. The summed E-state index contributed by atoms with van der Waals surface area (Å²) in [7, 11) is 0. The molecule has 1 amide bonds. The lowest BCUT2D eigenvalue weighted by Gasteiger charge is -2.28. The van der Waals surface area contributed by atoms with Crippen molar-refractivity contribution in [3.63, 3.8) is 0 Å². The van der Waals surface area contributed by atoms with Crippen LogP contribution in [0.2, 0.25) is 5.02 Å². The molecule has 0 aliphatic rings. The maximum absolute atomic E-state index is 12.4. The Labute approximate surface area is 120 Å². The predicted molar refractivity (Wildman–Crippen MR) is 78.3 cm³/mol. The molecule has 106 valence electrons. The molecule has 0 saturated carbocycles. The van der Waals surface area contributed by atoms with E-state index in [1.54, 1.807) is 26.0 Å². The minimum Gasteiger partial charge on any atom is -0.394 e. The fourth-order valence-electron chi connectivity index (χ4n) is 1.96. The van der Waals surface area contributed by atoms with Crippen LogP contribution >= 0.6 is 11.6 Å². The van der Waals surface area contributed by atoms with Crippen LogP contribution in [0.5, 0.6) is 0 Å². The van der Waals surface area contributed by atoms with Gasteiger partial charge in [0, 0.05) is 5.02 Å². The smallest absolute Gasteiger partial charge is 0.228 e. The molecule has 1 atom stereocenters. The number of hydrogen-bond donors (Lipinski definition) is 2. The van der Waals surface area contributed by atoms with E-state index >= 15 is 0 Å². The van der Waals surface area contributed by atoms with Crippen LogP contribution in [0.3, 0.4) is 0 Å². The van der Waals surface area contributed by atoms with Crippen LogP contribution in [0.15, 0.2) is 24.3 Å². The highest BCUT2D eigenvalue weighted by atomic mass is 35.5. The zero-order chi connectivity index (χ0) is 14.6. The first kappa shape index (κ1) is 16.0. The fourth-order valence-corrected chi connectivity index (χ4v) is 2.09. The molecule has 0 aliphatic heterocycles. The van der Waals surface area contributed by atoms with Crippen molar-refractivity contribution in [2.45, 2.75) is 39.2 Å². The lowest BCUT2D eigenvalue weighted by Crippen LogP contribution is -2.48. The second-order valence-corrected chi connectivity index (χ2v) is 6.24. The summed E-state index contributed by atoms with van der Waals surface area (Å²) in [5.41, 5.74) is 0.321. The summed E-state index contributed by atoms with van der Waals surface area (Å²) in [4.78, 5) is 12.4. The van der Waals surface area contributed by atoms with E-state index in [1.807, 2.05) is 26.0 Å². The minimum atomic E-state index is -0.614. The molecule has 0 aromatic heterocycles. The van der Waals surface area contributed by atoms with Crippen molar-refractivity contribution < 1.29 is 9.90 Å². The van der Waals surface area contributed by atoms with E-state index in [9.17, 15) is 9.90 Å². The largest absolute Gasteiger partial charge is 0.394 e. The highest BCUT2D eigenvalue weighted by Crippen LogP contribution is 2.26. The number of carbonyl (C=O) groups is 1. The van der Waals surface area contributed by atoms with Crippen LogP contribution in [-0.4, -0.2) is 23.2 Å². The summed E-state index contributed by atoms with van der Waals surface area (Å²) >= 11 is 5.87. The predicted octanol–water partition coefficient (Wildman–Crippen LogP) is 2.97. The molecule has 0 aliphatic carbocycles. The molecular weight excluding hydrogens is 262 g/mol. The summed E-state index contributed by atoms with van der Waals surface area (Å²) in [6.45, 7) is 7.51. The molecule has 0 saturated heterocycles. The Hall–Kier alpha value is -1.06. The molecule has 1 rings (SSSR count). The first-order chi connectivity index (χ1) is 8.76. The van der Waals surface area contributed by atoms with E-state index in [4.69, 9.17) is 11.6 Å². The van der Waals surface area contributed by atoms with E-state index in [1.165, 1.54) is 0 Å². The fraction of sp³-hybridized carbons (Fsp3) is 0.533. The molecular formula is C15H22ClNO2. The molecule has 0 bridgehead atoms. The molecule has 0 radical (unpaired) electrons. The third-order valence-electron chi connectivity index (χ3n) is 3.04. The van der Waals surface area contributed by atoms with Gasteiger partial charge in [-0.1, -0.05) is 37.6 Å². The average molecular weight is 284 g/mol. The van der Waals surface area contributed by atoms with Crippen LogP contribution < -0.4 is 5.32 Å². The zero-order valence-corrected chi connectivity index (χ0v) is 12.7. The molecule has 0 spiro atoms. The van der Waals surface area contributed by atoms with Gasteiger partial charge in [-0.05, 0) is 37.5 Å². The molecule has 0 fully saturated rings. The van der Waals surface area contributed by atoms with Crippen LogP contribution in [0.1, 0.15) is 39.2 Å². The quantitative estimate of drug-likeness (QED) is 0.873. The van der Waals surface area contributed by atoms with Gasteiger partial charge in [-0.3, -0.25) is 4.79 Å². The minimum absolute atomic E-state index is 0.0728. The highest BCUT2D eigenvalue weighted by molar-refractivity contribution is 6.30. The summed E-state index contributed by atoms with van der Waals surface area (Å²) in [5, 5.41) is 12.8. The Bertz CT molecular complexity index is 426. The summed E-state index contributed by atoms with van der Waals surface area (Å²) in [6, 6.07) is 7.32. The Morgan fingerprint density at radius 1 is 1.32 bits per heavy atom. The molecule has 4 heteroatoms. The number of hydrogen-bond acceptors (Lipinski definition) is 2. The van der Waals surface area contributed by atoms with Gasteiger partial charge >= 0.3 is 0 Å². The molecule has 1 unspecified atom stereocenters. The molecule has 1 aromatic rings. The Kier molecular flexibility index (Phi) is 5.39. The van der Waals surface area contributed by atoms with Gasteiger partial charge in [-0.25, -0.2) is 0 Å². The van der Waals surface area contributed by atoms with Gasteiger partial charge in [0.25, 0.3) is 0 Å². The van der Waals surface area contributed by atoms with Crippen LogP contribution in [-0.2, 0) is 4.79 Å². The SMILES string of the molecule is CC(C)C(C(=O)NC(C)(C)CO)c1ccc(Cl)cc1. The zero-order valence-electron chi connectivity index (χ0n) is 11.9. The Balaban J connectivity index is 2.95. The average Bonchev–Trinajstić information content (AvgIpc) is 2.31. The number of aliphatic hydroxyl groups is 1. The molecule has 2 N–H and O–H groups in total. The van der Waals surface area contributed by atoms with Crippen molar-refractivity contribution in [2.24, 2.45) is 5.92 Å². The van der Waals surface area contributed by atoms with E-state index in [0.29, 0.717) is 5.02 Å². The summed E-state index contributed by atoms with van der Waals surface area (Å²) < 4.78 is 0. The topological polar surface area (TPSA) is 49.3 Å². The van der Waals surface area contributed by atoms with Crippen LogP contribution in [0, 0.1) is 5.92 Å². The van der Waals surface area contributed by atoms with Gasteiger partial charge in [0.15, 0.2) is 0 Å². The van der Waals surface area contributed by atoms with Gasteiger partial charge in [-0.2, -0.15) is 0 Å². The second-order valence-electron chi connectivity index (χ2n) is 5.80. The van der Waals surface area contributed by atoms with Gasteiger partial charge in [0.2, 0.25) is 5.91 Å². The third kappa shape index (κ3) is 4.51. The first-order valence-corrected chi connectivity index (χ1v) is 6.83. The third-order valence-corrected chi connectivity index (χ3v) is 3.29. The lowest BCUT2D eigenvalue weighted by molar-refractivity contribution is -0.125. The number of rotatable bonds is 5. The molecule has 19 heavy (non-hydrogen) atoms. The lowest BCUT2D eigenvalue weighted by atomic mass is 9.87. The van der Waals surface area contributed by atoms with Crippen molar-refractivity contribution in [3.05, 3.63) is 34.9 Å². The number of benzene rings is 1. The first-order valence-electron chi connectivity index (χ1n) is 6.45. The maximum Gasteiger partial charge on any atom is 0.228 e. The van der Waals surface area contributed by atoms with Crippen LogP contribution in [0.4, 0.5) is 0 Å². The molecule has 3 nitrogen and oxygen atoms in total. The summed E-state index contributed by atoms with van der Waals surface area (Å²) in [5.74, 6) is -0.157. The maximum atomic E-state index is 12.4. The number of amides is 1. The van der Waals surface area contributed by atoms with Crippen molar-refractivity contribution in [1.29, 1.82) is 0 Å².